The highest BCUT2D eigenvalue weighted by Crippen LogP contribution is 2.31. The number of nitrogens with zero attached hydrogens (tertiary/aromatic N) is 3. The Morgan fingerprint density at radius 2 is 2.17 bits per heavy atom. The summed E-state index contributed by atoms with van der Waals surface area (Å²) in [5, 5.41) is 1.05. The monoisotopic (exact) mass is 339 g/mol. The molecule has 2 aliphatic heterocycles. The first-order valence-electron chi connectivity index (χ1n) is 8.14. The average Bonchev–Trinajstić information content (AvgIpc) is 2.89. The van der Waals surface area contributed by atoms with E-state index in [0.29, 0.717) is 13.2 Å². The van der Waals surface area contributed by atoms with E-state index >= 15 is 0 Å². The Bertz CT molecular complexity index is 558. The van der Waals surface area contributed by atoms with Gasteiger partial charge in [-0.05, 0) is 27.7 Å². The van der Waals surface area contributed by atoms with Gasteiger partial charge in [-0.1, -0.05) is 11.3 Å². The lowest BCUT2D eigenvalue weighted by molar-refractivity contribution is 0.0159. The van der Waals surface area contributed by atoms with Gasteiger partial charge in [0.25, 0.3) is 0 Å². The molecule has 0 aromatic carbocycles. The van der Waals surface area contributed by atoms with E-state index in [2.05, 4.69) is 11.8 Å². The lowest BCUT2D eigenvalue weighted by Crippen LogP contribution is -2.55. The van der Waals surface area contributed by atoms with Crippen molar-refractivity contribution in [2.45, 2.75) is 52.4 Å². The maximum atomic E-state index is 12.3. The smallest absolute Gasteiger partial charge is 0.410 e. The lowest BCUT2D eigenvalue weighted by Gasteiger charge is -2.40. The molecule has 3 heterocycles. The molecule has 7 heteroatoms. The third-order valence-electron chi connectivity index (χ3n) is 4.01. The molecule has 6 nitrogen and oxygen atoms in total. The summed E-state index contributed by atoms with van der Waals surface area (Å²) in [5.74, 6) is 0. The summed E-state index contributed by atoms with van der Waals surface area (Å²) in [7, 11) is 0. The van der Waals surface area contributed by atoms with Crippen LogP contribution in [0, 0.1) is 0 Å². The van der Waals surface area contributed by atoms with Crippen LogP contribution in [0.5, 0.6) is 0 Å². The molecule has 0 radical (unpaired) electrons. The number of carbonyl (C=O) groups is 1. The van der Waals surface area contributed by atoms with Crippen LogP contribution in [0.25, 0.3) is 0 Å². The van der Waals surface area contributed by atoms with E-state index in [-0.39, 0.29) is 12.1 Å². The summed E-state index contributed by atoms with van der Waals surface area (Å²) in [4.78, 5) is 22.4. The minimum Gasteiger partial charge on any atom is -0.444 e. The van der Waals surface area contributed by atoms with Gasteiger partial charge >= 0.3 is 6.09 Å². The summed E-state index contributed by atoms with van der Waals surface area (Å²) in [6, 6.07) is 0.107. The maximum Gasteiger partial charge on any atom is 0.410 e. The molecule has 1 fully saturated rings. The fourth-order valence-electron chi connectivity index (χ4n) is 2.87. The first kappa shape index (κ1) is 16.5. The molecule has 0 bridgehead atoms. The van der Waals surface area contributed by atoms with E-state index in [9.17, 15) is 4.79 Å². The summed E-state index contributed by atoms with van der Waals surface area (Å²) in [6.45, 7) is 11.4. The minimum absolute atomic E-state index is 0.107. The van der Waals surface area contributed by atoms with E-state index in [1.54, 1.807) is 11.3 Å². The molecule has 1 aromatic rings. The first-order chi connectivity index (χ1) is 10.8. The number of thiazole rings is 1. The number of aromatic nitrogens is 1. The fraction of sp³-hybridized carbons (Fsp3) is 0.750. The van der Waals surface area contributed by atoms with Crippen molar-refractivity contribution in [3.8, 4) is 0 Å². The van der Waals surface area contributed by atoms with Crippen LogP contribution >= 0.6 is 11.3 Å². The molecule has 3 rings (SSSR count). The van der Waals surface area contributed by atoms with Crippen LogP contribution < -0.4 is 4.90 Å². The van der Waals surface area contributed by atoms with Crippen LogP contribution in [-0.4, -0.2) is 53.9 Å². The highest BCUT2D eigenvalue weighted by atomic mass is 32.1. The highest BCUT2D eigenvalue weighted by Gasteiger charge is 2.32. The van der Waals surface area contributed by atoms with E-state index in [1.807, 2.05) is 25.7 Å². The van der Waals surface area contributed by atoms with E-state index in [1.165, 1.54) is 10.6 Å². The molecule has 1 atom stereocenters. The van der Waals surface area contributed by atoms with E-state index < -0.39 is 5.60 Å². The second-order valence-corrected chi connectivity index (χ2v) is 8.20. The number of amides is 1. The predicted molar refractivity (Wildman–Crippen MR) is 90.1 cm³/mol. The quantitative estimate of drug-likeness (QED) is 0.787. The van der Waals surface area contributed by atoms with E-state index in [0.717, 1.165) is 31.2 Å². The molecule has 0 unspecified atom stereocenters. The van der Waals surface area contributed by atoms with Crippen LogP contribution in [0.2, 0.25) is 0 Å². The van der Waals surface area contributed by atoms with Crippen LogP contribution in [0.4, 0.5) is 9.93 Å². The zero-order chi connectivity index (χ0) is 16.6. The van der Waals surface area contributed by atoms with Crippen LogP contribution in [-0.2, 0) is 22.5 Å². The number of carbonyl (C=O) groups excluding carboxylic acids is 1. The van der Waals surface area contributed by atoms with Gasteiger partial charge in [-0.2, -0.15) is 0 Å². The maximum absolute atomic E-state index is 12.3. The third-order valence-corrected chi connectivity index (χ3v) is 5.14. The molecular formula is C16H25N3O3S. The van der Waals surface area contributed by atoms with Crippen molar-refractivity contribution < 1.29 is 14.3 Å². The third kappa shape index (κ3) is 3.77. The summed E-state index contributed by atoms with van der Waals surface area (Å²) in [5.41, 5.74) is 0.723. The van der Waals surface area contributed by atoms with Crippen molar-refractivity contribution in [3.63, 3.8) is 0 Å². The Morgan fingerprint density at radius 3 is 2.83 bits per heavy atom. The summed E-state index contributed by atoms with van der Waals surface area (Å²) < 4.78 is 11.0. The Kier molecular flexibility index (Phi) is 4.51. The van der Waals surface area contributed by atoms with Crippen LogP contribution in [0.1, 0.15) is 38.3 Å². The zero-order valence-electron chi connectivity index (χ0n) is 14.3. The molecule has 128 valence electrons. The van der Waals surface area contributed by atoms with Gasteiger partial charge in [0.15, 0.2) is 5.13 Å². The topological polar surface area (TPSA) is 54.9 Å². The second kappa shape index (κ2) is 6.28. The Hall–Kier alpha value is -1.34. The molecular weight excluding hydrogens is 314 g/mol. The molecule has 0 spiro atoms. The molecule has 23 heavy (non-hydrogen) atoms. The first-order valence-corrected chi connectivity index (χ1v) is 8.96. The average molecular weight is 339 g/mol. The Balaban J connectivity index is 1.64. The van der Waals surface area contributed by atoms with Crippen molar-refractivity contribution in [1.82, 2.24) is 9.88 Å². The molecule has 2 aliphatic rings. The van der Waals surface area contributed by atoms with Gasteiger partial charge < -0.3 is 19.3 Å². The number of fused-ring (bicyclic) bond motifs is 1. The lowest BCUT2D eigenvalue weighted by atomic mass is 10.2. The van der Waals surface area contributed by atoms with Crippen molar-refractivity contribution in [1.29, 1.82) is 0 Å². The Labute approximate surface area is 141 Å². The largest absolute Gasteiger partial charge is 0.444 e. The van der Waals surface area contributed by atoms with Crippen LogP contribution in [0.3, 0.4) is 0 Å². The van der Waals surface area contributed by atoms with Crippen molar-refractivity contribution >= 4 is 22.6 Å². The normalized spacial score (nSPS) is 22.0. The number of hydrogen-bond donors (Lipinski definition) is 0. The van der Waals surface area contributed by atoms with Gasteiger partial charge in [0.05, 0.1) is 23.8 Å². The van der Waals surface area contributed by atoms with Gasteiger partial charge in [-0.3, -0.25) is 0 Å². The van der Waals surface area contributed by atoms with Gasteiger partial charge in [-0.25, -0.2) is 9.78 Å². The van der Waals surface area contributed by atoms with Crippen LogP contribution in [0.15, 0.2) is 0 Å². The van der Waals surface area contributed by atoms with Crippen molar-refractivity contribution in [2.24, 2.45) is 0 Å². The number of piperazine rings is 1. The summed E-state index contributed by atoms with van der Waals surface area (Å²) in [6.07, 6.45) is 0.677. The molecule has 1 saturated heterocycles. The number of ether oxygens (including phenoxy) is 2. The predicted octanol–water partition coefficient (Wildman–Crippen LogP) is 2.66. The molecule has 0 saturated carbocycles. The SMILES string of the molecule is C[C@@H]1CN(c2nc3c(s2)COCC3)CCN1C(=O)OC(C)(C)C. The zero-order valence-corrected chi connectivity index (χ0v) is 15.1. The number of anilines is 1. The van der Waals surface area contributed by atoms with Gasteiger partial charge in [0.1, 0.15) is 5.60 Å². The highest BCUT2D eigenvalue weighted by molar-refractivity contribution is 7.15. The minimum atomic E-state index is -0.456. The number of hydrogen-bond acceptors (Lipinski definition) is 6. The molecule has 0 aliphatic carbocycles. The van der Waals surface area contributed by atoms with Gasteiger partial charge in [-0.15, -0.1) is 0 Å². The molecule has 1 aromatic heterocycles. The standard InChI is InChI=1S/C16H25N3O3S/c1-11-9-18(6-7-19(11)15(20)22-16(2,3)4)14-17-12-5-8-21-10-13(12)23-14/h11H,5-10H2,1-4H3/t11-/m1/s1. The van der Waals surface area contributed by atoms with Crippen molar-refractivity contribution in [3.05, 3.63) is 10.6 Å². The molecule has 1 amide bonds. The second-order valence-electron chi connectivity index (χ2n) is 7.14. The van der Waals surface area contributed by atoms with Gasteiger partial charge in [0.2, 0.25) is 0 Å². The molecule has 0 N–H and O–H groups in total. The summed E-state index contributed by atoms with van der Waals surface area (Å²) >= 11 is 1.72. The van der Waals surface area contributed by atoms with Crippen molar-refractivity contribution in [2.75, 3.05) is 31.1 Å². The number of rotatable bonds is 1. The Morgan fingerprint density at radius 1 is 1.39 bits per heavy atom. The fourth-order valence-corrected chi connectivity index (χ4v) is 3.95. The van der Waals surface area contributed by atoms with E-state index in [4.69, 9.17) is 14.5 Å². The van der Waals surface area contributed by atoms with Gasteiger partial charge in [0, 0.05) is 32.1 Å².